The van der Waals surface area contributed by atoms with Gasteiger partial charge in [0.1, 0.15) is 5.75 Å². The molecule has 5 heteroatoms. The molecule has 0 aliphatic carbocycles. The van der Waals surface area contributed by atoms with E-state index in [1.165, 1.54) is 4.80 Å². The number of hydrogen-bond donors (Lipinski definition) is 1. The van der Waals surface area contributed by atoms with Gasteiger partial charge in [0.25, 0.3) is 0 Å². The summed E-state index contributed by atoms with van der Waals surface area (Å²) in [6, 6.07) is 16.3. The summed E-state index contributed by atoms with van der Waals surface area (Å²) in [6.07, 6.45) is 0. The van der Waals surface area contributed by atoms with Crippen LogP contribution in [-0.2, 0) is 0 Å². The minimum atomic E-state index is 0.210. The Morgan fingerprint density at radius 2 is 1.61 bits per heavy atom. The predicted molar refractivity (Wildman–Crippen MR) is 66.3 cm³/mol. The normalized spacial score (nSPS) is 10.4. The molecule has 0 fully saturated rings. The minimum absolute atomic E-state index is 0.210. The average Bonchev–Trinajstić information content (AvgIpc) is 2.90. The van der Waals surface area contributed by atoms with E-state index in [4.69, 9.17) is 0 Å². The minimum Gasteiger partial charge on any atom is -0.508 e. The Kier molecular flexibility index (Phi) is 2.49. The third kappa shape index (κ3) is 1.93. The zero-order valence-corrected chi connectivity index (χ0v) is 9.43. The lowest BCUT2D eigenvalue weighted by molar-refractivity contribution is 0.475. The monoisotopic (exact) mass is 238 g/mol. The summed E-state index contributed by atoms with van der Waals surface area (Å²) in [6.45, 7) is 0. The summed E-state index contributed by atoms with van der Waals surface area (Å²) in [7, 11) is 0. The molecule has 0 saturated carbocycles. The fourth-order valence-electron chi connectivity index (χ4n) is 1.61. The first kappa shape index (κ1) is 10.5. The van der Waals surface area contributed by atoms with Crippen LogP contribution in [0.5, 0.6) is 5.75 Å². The van der Waals surface area contributed by atoms with Crippen molar-refractivity contribution >= 4 is 0 Å². The number of phenols is 1. The molecule has 0 saturated heterocycles. The Morgan fingerprint density at radius 3 is 2.33 bits per heavy atom. The van der Waals surface area contributed by atoms with Gasteiger partial charge in [0.2, 0.25) is 5.82 Å². The van der Waals surface area contributed by atoms with Crippen LogP contribution in [0.25, 0.3) is 17.1 Å². The molecule has 0 aliphatic rings. The molecule has 0 radical (unpaired) electrons. The number of phenolic OH excluding ortho intramolecular Hbond substituents is 1. The molecule has 18 heavy (non-hydrogen) atoms. The molecule has 0 atom stereocenters. The van der Waals surface area contributed by atoms with Crippen LogP contribution < -0.4 is 0 Å². The molecular formula is C13H10N4O. The van der Waals surface area contributed by atoms with Crippen molar-refractivity contribution in [3.63, 3.8) is 0 Å². The Labute approximate surface area is 103 Å². The molecule has 0 unspecified atom stereocenters. The van der Waals surface area contributed by atoms with Crippen LogP contribution in [0.4, 0.5) is 0 Å². The van der Waals surface area contributed by atoms with Gasteiger partial charge in [0.05, 0.1) is 5.69 Å². The Morgan fingerprint density at radius 1 is 0.889 bits per heavy atom. The lowest BCUT2D eigenvalue weighted by Crippen LogP contribution is -1.98. The van der Waals surface area contributed by atoms with Crippen LogP contribution in [-0.4, -0.2) is 25.3 Å². The highest BCUT2D eigenvalue weighted by Crippen LogP contribution is 2.15. The van der Waals surface area contributed by atoms with Gasteiger partial charge in [0.15, 0.2) is 0 Å². The maximum atomic E-state index is 9.22. The molecule has 1 N–H and O–H groups in total. The highest BCUT2D eigenvalue weighted by Gasteiger charge is 2.06. The van der Waals surface area contributed by atoms with Crippen molar-refractivity contribution in [2.45, 2.75) is 0 Å². The number of nitrogens with zero attached hydrogens (tertiary/aromatic N) is 4. The summed E-state index contributed by atoms with van der Waals surface area (Å²) in [4.78, 5) is 1.43. The molecule has 1 aromatic heterocycles. The second-order valence-electron chi connectivity index (χ2n) is 3.78. The SMILES string of the molecule is Oc1ccc(-n2nnc(-c3ccccc3)n2)cc1. The predicted octanol–water partition coefficient (Wildman–Crippen LogP) is 2.03. The van der Waals surface area contributed by atoms with Gasteiger partial charge in [-0.25, -0.2) is 0 Å². The first-order chi connectivity index (χ1) is 8.83. The molecule has 0 amide bonds. The van der Waals surface area contributed by atoms with Gasteiger partial charge in [-0.3, -0.25) is 0 Å². The maximum absolute atomic E-state index is 9.22. The standard InChI is InChI=1S/C13H10N4O/c18-12-8-6-11(7-9-12)17-15-13(14-16-17)10-4-2-1-3-5-10/h1-9,18H. The lowest BCUT2D eigenvalue weighted by atomic mass is 10.2. The molecule has 0 spiro atoms. The van der Waals surface area contributed by atoms with Gasteiger partial charge >= 0.3 is 0 Å². The largest absolute Gasteiger partial charge is 0.508 e. The number of benzene rings is 2. The van der Waals surface area contributed by atoms with E-state index in [1.54, 1.807) is 24.3 Å². The summed E-state index contributed by atoms with van der Waals surface area (Å²) in [5.41, 5.74) is 1.67. The third-order valence-electron chi connectivity index (χ3n) is 2.53. The number of aromatic nitrogens is 4. The second-order valence-corrected chi connectivity index (χ2v) is 3.78. The van der Waals surface area contributed by atoms with E-state index in [2.05, 4.69) is 15.4 Å². The van der Waals surface area contributed by atoms with Gasteiger partial charge < -0.3 is 5.11 Å². The quantitative estimate of drug-likeness (QED) is 0.742. The third-order valence-corrected chi connectivity index (χ3v) is 2.53. The van der Waals surface area contributed by atoms with Crippen molar-refractivity contribution in [2.24, 2.45) is 0 Å². The van der Waals surface area contributed by atoms with Crippen molar-refractivity contribution in [1.82, 2.24) is 20.2 Å². The number of hydrogen-bond acceptors (Lipinski definition) is 4. The zero-order chi connectivity index (χ0) is 12.4. The molecule has 2 aromatic carbocycles. The van der Waals surface area contributed by atoms with Crippen LogP contribution in [0, 0.1) is 0 Å². The van der Waals surface area contributed by atoms with E-state index in [-0.39, 0.29) is 5.75 Å². The van der Waals surface area contributed by atoms with Crippen LogP contribution in [0.2, 0.25) is 0 Å². The van der Waals surface area contributed by atoms with Crippen molar-refractivity contribution in [3.8, 4) is 22.8 Å². The van der Waals surface area contributed by atoms with Crippen molar-refractivity contribution < 1.29 is 5.11 Å². The summed E-state index contributed by atoms with van der Waals surface area (Å²) in [5, 5.41) is 21.5. The summed E-state index contributed by atoms with van der Waals surface area (Å²) < 4.78 is 0. The highest BCUT2D eigenvalue weighted by molar-refractivity contribution is 5.53. The van der Waals surface area contributed by atoms with Gasteiger partial charge in [-0.15, -0.1) is 15.0 Å². The van der Waals surface area contributed by atoms with E-state index < -0.39 is 0 Å². The van der Waals surface area contributed by atoms with E-state index in [0.29, 0.717) is 5.82 Å². The van der Waals surface area contributed by atoms with E-state index >= 15 is 0 Å². The fourth-order valence-corrected chi connectivity index (χ4v) is 1.61. The number of tetrazole rings is 1. The Bertz CT molecular complexity index is 646. The van der Waals surface area contributed by atoms with E-state index in [0.717, 1.165) is 11.3 Å². The van der Waals surface area contributed by atoms with Crippen molar-refractivity contribution in [2.75, 3.05) is 0 Å². The Balaban J connectivity index is 1.97. The topological polar surface area (TPSA) is 63.8 Å². The molecule has 88 valence electrons. The fraction of sp³-hybridized carbons (Fsp3) is 0. The van der Waals surface area contributed by atoms with Gasteiger partial charge in [-0.1, -0.05) is 30.3 Å². The lowest BCUT2D eigenvalue weighted by Gasteiger charge is -1.97. The molecule has 1 heterocycles. The van der Waals surface area contributed by atoms with Crippen LogP contribution in [0.3, 0.4) is 0 Å². The molecular weight excluding hydrogens is 228 g/mol. The first-order valence-corrected chi connectivity index (χ1v) is 5.48. The average molecular weight is 238 g/mol. The molecule has 0 aliphatic heterocycles. The molecule has 5 nitrogen and oxygen atoms in total. The van der Waals surface area contributed by atoms with Gasteiger partial charge in [-0.05, 0) is 29.5 Å². The second kappa shape index (κ2) is 4.29. The number of rotatable bonds is 2. The van der Waals surface area contributed by atoms with Crippen LogP contribution in [0.1, 0.15) is 0 Å². The van der Waals surface area contributed by atoms with E-state index in [9.17, 15) is 5.11 Å². The van der Waals surface area contributed by atoms with Crippen molar-refractivity contribution in [3.05, 3.63) is 54.6 Å². The smallest absolute Gasteiger partial charge is 0.205 e. The van der Waals surface area contributed by atoms with Gasteiger partial charge in [-0.2, -0.15) is 0 Å². The Hall–Kier alpha value is -2.69. The molecule has 0 bridgehead atoms. The highest BCUT2D eigenvalue weighted by atomic mass is 16.3. The van der Waals surface area contributed by atoms with Crippen LogP contribution in [0.15, 0.2) is 54.6 Å². The van der Waals surface area contributed by atoms with Crippen LogP contribution >= 0.6 is 0 Å². The van der Waals surface area contributed by atoms with Gasteiger partial charge in [0, 0.05) is 5.56 Å². The molecule has 3 rings (SSSR count). The zero-order valence-electron chi connectivity index (χ0n) is 9.43. The number of aromatic hydroxyl groups is 1. The summed E-state index contributed by atoms with van der Waals surface area (Å²) in [5.74, 6) is 0.783. The maximum Gasteiger partial charge on any atom is 0.205 e. The summed E-state index contributed by atoms with van der Waals surface area (Å²) >= 11 is 0. The van der Waals surface area contributed by atoms with Crippen molar-refractivity contribution in [1.29, 1.82) is 0 Å². The van der Waals surface area contributed by atoms with E-state index in [1.807, 2.05) is 30.3 Å². The molecule has 3 aromatic rings. The first-order valence-electron chi connectivity index (χ1n) is 5.48.